The predicted molar refractivity (Wildman–Crippen MR) is 85.2 cm³/mol. The SMILES string of the molecule is CC(Br)c1oc2ccc(F)cc2c(=O)c1-c1cccc(F)c1. The average Bonchev–Trinajstić information content (AvgIpc) is 2.47. The zero-order valence-electron chi connectivity index (χ0n) is 11.6. The summed E-state index contributed by atoms with van der Waals surface area (Å²) in [6, 6.07) is 9.48. The number of fused-ring (bicyclic) bond motifs is 1. The van der Waals surface area contributed by atoms with E-state index in [2.05, 4.69) is 15.9 Å². The van der Waals surface area contributed by atoms with Gasteiger partial charge in [-0.3, -0.25) is 4.79 Å². The summed E-state index contributed by atoms with van der Waals surface area (Å²) in [6.45, 7) is 1.80. The van der Waals surface area contributed by atoms with Crippen LogP contribution in [0.2, 0.25) is 0 Å². The number of rotatable bonds is 2. The number of hydrogen-bond acceptors (Lipinski definition) is 2. The molecule has 0 aliphatic carbocycles. The molecule has 1 atom stereocenters. The molecule has 0 fully saturated rings. The van der Waals surface area contributed by atoms with Crippen LogP contribution in [0.15, 0.2) is 51.7 Å². The number of hydrogen-bond donors (Lipinski definition) is 0. The fourth-order valence-electron chi connectivity index (χ4n) is 2.38. The maximum Gasteiger partial charge on any atom is 0.200 e. The van der Waals surface area contributed by atoms with E-state index in [1.807, 2.05) is 0 Å². The fourth-order valence-corrected chi connectivity index (χ4v) is 2.70. The normalized spacial score (nSPS) is 12.5. The monoisotopic (exact) mass is 364 g/mol. The van der Waals surface area contributed by atoms with Crippen LogP contribution in [-0.2, 0) is 0 Å². The molecule has 112 valence electrons. The molecule has 0 saturated heterocycles. The Morgan fingerprint density at radius 1 is 1.09 bits per heavy atom. The highest BCUT2D eigenvalue weighted by atomic mass is 79.9. The van der Waals surface area contributed by atoms with Crippen LogP contribution in [0.25, 0.3) is 22.1 Å². The molecule has 3 aromatic rings. The molecule has 5 heteroatoms. The van der Waals surface area contributed by atoms with Crippen molar-refractivity contribution in [3.8, 4) is 11.1 Å². The van der Waals surface area contributed by atoms with E-state index in [-0.39, 0.29) is 21.2 Å². The summed E-state index contributed by atoms with van der Waals surface area (Å²) in [5.74, 6) is -0.594. The van der Waals surface area contributed by atoms with Crippen molar-refractivity contribution in [3.05, 3.63) is 70.1 Å². The Hall–Kier alpha value is -2.01. The quantitative estimate of drug-likeness (QED) is 0.585. The third-order valence-corrected chi connectivity index (χ3v) is 3.77. The van der Waals surface area contributed by atoms with Crippen LogP contribution in [0.5, 0.6) is 0 Å². The average molecular weight is 365 g/mol. The van der Waals surface area contributed by atoms with Crippen LogP contribution in [0.4, 0.5) is 8.78 Å². The Labute approximate surface area is 133 Å². The Morgan fingerprint density at radius 3 is 2.50 bits per heavy atom. The molecule has 1 heterocycles. The van der Waals surface area contributed by atoms with Gasteiger partial charge >= 0.3 is 0 Å². The van der Waals surface area contributed by atoms with Crippen molar-refractivity contribution in [2.75, 3.05) is 0 Å². The van der Waals surface area contributed by atoms with E-state index in [9.17, 15) is 13.6 Å². The summed E-state index contributed by atoms with van der Waals surface area (Å²) in [4.78, 5) is 12.5. The van der Waals surface area contributed by atoms with Crippen LogP contribution in [0.3, 0.4) is 0 Å². The van der Waals surface area contributed by atoms with Crippen LogP contribution in [0, 0.1) is 11.6 Å². The van der Waals surface area contributed by atoms with E-state index >= 15 is 0 Å². The van der Waals surface area contributed by atoms with Crippen molar-refractivity contribution < 1.29 is 13.2 Å². The summed E-state index contributed by atoms with van der Waals surface area (Å²) < 4.78 is 32.7. The lowest BCUT2D eigenvalue weighted by Gasteiger charge is -2.12. The second-order valence-electron chi connectivity index (χ2n) is 4.94. The summed E-state index contributed by atoms with van der Waals surface area (Å²) in [5.41, 5.74) is 0.559. The van der Waals surface area contributed by atoms with Crippen molar-refractivity contribution >= 4 is 26.9 Å². The van der Waals surface area contributed by atoms with Crippen LogP contribution >= 0.6 is 15.9 Å². The van der Waals surface area contributed by atoms with Crippen molar-refractivity contribution in [3.63, 3.8) is 0 Å². The second kappa shape index (κ2) is 5.65. The van der Waals surface area contributed by atoms with E-state index in [0.717, 1.165) is 6.07 Å². The molecule has 0 radical (unpaired) electrons. The molecule has 3 rings (SSSR count). The highest BCUT2D eigenvalue weighted by molar-refractivity contribution is 9.09. The first-order valence-electron chi connectivity index (χ1n) is 6.63. The molecule has 1 aromatic heterocycles. The Morgan fingerprint density at radius 2 is 1.82 bits per heavy atom. The van der Waals surface area contributed by atoms with E-state index in [0.29, 0.717) is 16.9 Å². The van der Waals surface area contributed by atoms with E-state index in [1.165, 1.54) is 30.3 Å². The Bertz CT molecular complexity index is 916. The first-order chi connectivity index (χ1) is 10.5. The summed E-state index contributed by atoms with van der Waals surface area (Å²) in [6.07, 6.45) is 0. The van der Waals surface area contributed by atoms with Gasteiger partial charge in [0, 0.05) is 0 Å². The van der Waals surface area contributed by atoms with Crippen molar-refractivity contribution in [2.24, 2.45) is 0 Å². The first-order valence-corrected chi connectivity index (χ1v) is 7.55. The largest absolute Gasteiger partial charge is 0.459 e. The standard InChI is InChI=1S/C17H11BrF2O2/c1-9(18)17-15(10-3-2-4-11(19)7-10)16(21)13-8-12(20)5-6-14(13)22-17/h2-9H,1H3. The molecular formula is C17H11BrF2O2. The van der Waals surface area contributed by atoms with Gasteiger partial charge in [0.25, 0.3) is 0 Å². The molecular weight excluding hydrogens is 354 g/mol. The molecule has 2 aromatic carbocycles. The molecule has 2 nitrogen and oxygen atoms in total. The Balaban J connectivity index is 2.43. The van der Waals surface area contributed by atoms with E-state index < -0.39 is 11.6 Å². The third-order valence-electron chi connectivity index (χ3n) is 3.35. The molecule has 0 saturated carbocycles. The molecule has 0 spiro atoms. The van der Waals surface area contributed by atoms with Gasteiger partial charge in [-0.1, -0.05) is 28.1 Å². The zero-order chi connectivity index (χ0) is 15.9. The lowest BCUT2D eigenvalue weighted by molar-refractivity contribution is 0.542. The molecule has 1 unspecified atom stereocenters. The predicted octanol–water partition coefficient (Wildman–Crippen LogP) is 5.19. The van der Waals surface area contributed by atoms with Gasteiger partial charge in [0.05, 0.1) is 15.8 Å². The van der Waals surface area contributed by atoms with Crippen molar-refractivity contribution in [1.29, 1.82) is 0 Å². The zero-order valence-corrected chi connectivity index (χ0v) is 13.2. The lowest BCUT2D eigenvalue weighted by atomic mass is 10.0. The van der Waals surface area contributed by atoms with Crippen molar-refractivity contribution in [2.45, 2.75) is 11.8 Å². The first kappa shape index (κ1) is 14.9. The highest BCUT2D eigenvalue weighted by Crippen LogP contribution is 2.33. The van der Waals surface area contributed by atoms with Gasteiger partial charge in [0.2, 0.25) is 5.43 Å². The van der Waals surface area contributed by atoms with Crippen LogP contribution in [-0.4, -0.2) is 0 Å². The van der Waals surface area contributed by atoms with Gasteiger partial charge < -0.3 is 4.42 Å². The van der Waals surface area contributed by atoms with Gasteiger partial charge in [-0.2, -0.15) is 0 Å². The fraction of sp³-hybridized carbons (Fsp3) is 0.118. The maximum absolute atomic E-state index is 13.5. The number of alkyl halides is 1. The minimum absolute atomic E-state index is 0.135. The van der Waals surface area contributed by atoms with Crippen LogP contribution in [0.1, 0.15) is 17.5 Å². The molecule has 22 heavy (non-hydrogen) atoms. The molecule has 0 bridgehead atoms. The summed E-state index contributed by atoms with van der Waals surface area (Å²) in [7, 11) is 0. The Kier molecular flexibility index (Phi) is 3.83. The molecule has 0 aliphatic heterocycles. The van der Waals surface area contributed by atoms with Crippen molar-refractivity contribution in [1.82, 2.24) is 0 Å². The molecule has 0 N–H and O–H groups in total. The van der Waals surface area contributed by atoms with E-state index in [1.54, 1.807) is 13.0 Å². The van der Waals surface area contributed by atoms with E-state index in [4.69, 9.17) is 4.42 Å². The topological polar surface area (TPSA) is 30.2 Å². The smallest absolute Gasteiger partial charge is 0.200 e. The van der Waals surface area contributed by atoms with Gasteiger partial charge in [0.15, 0.2) is 0 Å². The summed E-state index contributed by atoms with van der Waals surface area (Å²) in [5, 5.41) is 0.135. The number of halogens is 3. The minimum Gasteiger partial charge on any atom is -0.459 e. The van der Waals surface area contributed by atoms with Crippen LogP contribution < -0.4 is 5.43 Å². The maximum atomic E-state index is 13.5. The highest BCUT2D eigenvalue weighted by Gasteiger charge is 2.20. The van der Waals surface area contributed by atoms with Gasteiger partial charge in [-0.15, -0.1) is 0 Å². The lowest BCUT2D eigenvalue weighted by Crippen LogP contribution is -2.10. The second-order valence-corrected chi connectivity index (χ2v) is 6.31. The third kappa shape index (κ3) is 2.57. The minimum atomic E-state index is -0.523. The van der Waals surface area contributed by atoms with Gasteiger partial charge in [-0.05, 0) is 42.8 Å². The molecule has 0 aliphatic rings. The molecule has 0 amide bonds. The van der Waals surface area contributed by atoms with Gasteiger partial charge in [-0.25, -0.2) is 8.78 Å². The van der Waals surface area contributed by atoms with Gasteiger partial charge in [0.1, 0.15) is 23.0 Å². The summed E-state index contributed by atoms with van der Waals surface area (Å²) >= 11 is 3.38. The number of benzene rings is 2.